The predicted octanol–water partition coefficient (Wildman–Crippen LogP) is 5.97. The van der Waals surface area contributed by atoms with Gasteiger partial charge in [0.2, 0.25) is 5.60 Å². The van der Waals surface area contributed by atoms with Crippen molar-refractivity contribution in [2.45, 2.75) is 50.0 Å². The summed E-state index contributed by atoms with van der Waals surface area (Å²) < 4.78 is 68.6. The highest BCUT2D eigenvalue weighted by molar-refractivity contribution is 6.31. The van der Waals surface area contributed by atoms with Gasteiger partial charge in [0, 0.05) is 23.1 Å². The minimum Gasteiger partial charge on any atom is -0.493 e. The number of hydrogen-bond acceptors (Lipinski definition) is 6. The summed E-state index contributed by atoms with van der Waals surface area (Å²) in [7, 11) is 1.39. The number of amides is 1. The Bertz CT molecular complexity index is 1510. The van der Waals surface area contributed by atoms with Crippen LogP contribution in [0.5, 0.6) is 11.5 Å². The second-order valence-electron chi connectivity index (χ2n) is 10.9. The molecule has 0 saturated heterocycles. The minimum atomic E-state index is -5.23. The standard InChI is InChI=1S/C29H28ClF4N3O4/c1-27(2)13-35-25-18(27)12-23(37-24(25)15-4-8-20(31)19(30)10-15)28(39,29(32,33)34)14-36-26(38)16-5-9-21(22(11-16)40-3)41-17-6-7-17/h4-5,8-12,17,35,39H,6-7,13-14H2,1-3H3,(H,36,38). The minimum absolute atomic E-state index is 0.0170. The summed E-state index contributed by atoms with van der Waals surface area (Å²) in [4.78, 5) is 17.2. The molecule has 218 valence electrons. The molecule has 0 bridgehead atoms. The van der Waals surface area contributed by atoms with Gasteiger partial charge in [-0.25, -0.2) is 9.37 Å². The first-order valence-corrected chi connectivity index (χ1v) is 13.3. The van der Waals surface area contributed by atoms with Gasteiger partial charge in [-0.3, -0.25) is 4.79 Å². The zero-order valence-corrected chi connectivity index (χ0v) is 23.2. The van der Waals surface area contributed by atoms with Gasteiger partial charge in [-0.1, -0.05) is 25.4 Å². The molecule has 2 heterocycles. The van der Waals surface area contributed by atoms with Crippen LogP contribution in [0.1, 0.15) is 48.3 Å². The molecule has 1 aromatic heterocycles. The number of benzene rings is 2. The third-order valence-electron chi connectivity index (χ3n) is 7.29. The van der Waals surface area contributed by atoms with Crippen LogP contribution in [0.4, 0.5) is 23.2 Å². The monoisotopic (exact) mass is 593 g/mol. The number of nitrogens with one attached hydrogen (secondary N) is 2. The van der Waals surface area contributed by atoms with Gasteiger partial charge in [-0.2, -0.15) is 13.2 Å². The number of aromatic nitrogens is 1. The molecule has 41 heavy (non-hydrogen) atoms. The molecule has 1 amide bonds. The molecular weight excluding hydrogens is 566 g/mol. The fraction of sp³-hybridized carbons (Fsp3) is 0.379. The number of methoxy groups -OCH3 is 1. The first-order chi connectivity index (χ1) is 19.2. The fourth-order valence-electron chi connectivity index (χ4n) is 4.64. The number of fused-ring (bicyclic) bond motifs is 1. The van der Waals surface area contributed by atoms with Crippen LogP contribution in [0.25, 0.3) is 11.3 Å². The first kappa shape index (κ1) is 28.9. The zero-order valence-electron chi connectivity index (χ0n) is 22.5. The van der Waals surface area contributed by atoms with Crippen molar-refractivity contribution in [3.63, 3.8) is 0 Å². The number of halogens is 5. The Labute approximate surface area is 238 Å². The third kappa shape index (κ3) is 5.52. The number of carbonyl (C=O) groups is 1. The van der Waals surface area contributed by atoms with Crippen molar-refractivity contribution >= 4 is 23.2 Å². The quantitative estimate of drug-likeness (QED) is 0.279. The van der Waals surface area contributed by atoms with E-state index in [1.807, 2.05) is 13.8 Å². The number of pyridine rings is 1. The highest BCUT2D eigenvalue weighted by Gasteiger charge is 2.57. The average Bonchev–Trinajstić information content (AvgIpc) is 3.69. The van der Waals surface area contributed by atoms with E-state index in [1.165, 1.54) is 43.5 Å². The Kier molecular flexibility index (Phi) is 7.31. The lowest BCUT2D eigenvalue weighted by Crippen LogP contribution is -2.51. The molecule has 1 unspecified atom stereocenters. The number of anilines is 1. The van der Waals surface area contributed by atoms with Gasteiger partial charge in [-0.05, 0) is 60.9 Å². The van der Waals surface area contributed by atoms with E-state index in [0.717, 1.165) is 18.9 Å². The molecule has 2 aliphatic rings. The van der Waals surface area contributed by atoms with E-state index < -0.39 is 41.2 Å². The fourth-order valence-corrected chi connectivity index (χ4v) is 4.82. The van der Waals surface area contributed by atoms with Crippen LogP contribution in [0.2, 0.25) is 5.02 Å². The molecule has 1 aliphatic carbocycles. The molecule has 1 saturated carbocycles. The van der Waals surface area contributed by atoms with Crippen molar-refractivity contribution in [3.8, 4) is 22.8 Å². The van der Waals surface area contributed by atoms with E-state index in [1.54, 1.807) is 0 Å². The van der Waals surface area contributed by atoms with Crippen molar-refractivity contribution in [2.24, 2.45) is 0 Å². The summed E-state index contributed by atoms with van der Waals surface area (Å²) in [6.07, 6.45) is -3.35. The lowest BCUT2D eigenvalue weighted by Gasteiger charge is -2.31. The van der Waals surface area contributed by atoms with Gasteiger partial charge in [0.05, 0.1) is 41.9 Å². The van der Waals surface area contributed by atoms with Gasteiger partial charge in [0.15, 0.2) is 11.5 Å². The van der Waals surface area contributed by atoms with Crippen LogP contribution in [-0.4, -0.2) is 48.5 Å². The number of ether oxygens (including phenoxy) is 2. The molecule has 3 N–H and O–H groups in total. The lowest BCUT2D eigenvalue weighted by molar-refractivity contribution is -0.265. The van der Waals surface area contributed by atoms with E-state index in [0.29, 0.717) is 23.5 Å². The SMILES string of the molecule is COc1cc(C(=O)NCC(O)(c2cc3c(c(-c4ccc(F)c(Cl)c4)n2)NCC3(C)C)C(F)(F)F)ccc1OC1CC1. The summed E-state index contributed by atoms with van der Waals surface area (Å²) in [6.45, 7) is 2.82. The highest BCUT2D eigenvalue weighted by Crippen LogP contribution is 2.46. The van der Waals surface area contributed by atoms with Crippen molar-refractivity contribution in [1.82, 2.24) is 10.3 Å². The van der Waals surface area contributed by atoms with Crippen molar-refractivity contribution < 1.29 is 36.9 Å². The molecule has 0 spiro atoms. The Morgan fingerprint density at radius 1 is 1.17 bits per heavy atom. The van der Waals surface area contributed by atoms with E-state index in [2.05, 4.69) is 15.6 Å². The van der Waals surface area contributed by atoms with Crippen LogP contribution in [0, 0.1) is 5.82 Å². The summed E-state index contributed by atoms with van der Waals surface area (Å²) in [5.41, 5.74) is -3.64. The Morgan fingerprint density at radius 3 is 2.54 bits per heavy atom. The van der Waals surface area contributed by atoms with Gasteiger partial charge >= 0.3 is 6.18 Å². The molecular formula is C29H28ClF4N3O4. The van der Waals surface area contributed by atoms with E-state index in [-0.39, 0.29) is 33.7 Å². The smallest absolute Gasteiger partial charge is 0.424 e. The Morgan fingerprint density at radius 2 is 1.90 bits per heavy atom. The predicted molar refractivity (Wildman–Crippen MR) is 145 cm³/mol. The van der Waals surface area contributed by atoms with Crippen molar-refractivity contribution in [2.75, 3.05) is 25.5 Å². The largest absolute Gasteiger partial charge is 0.493 e. The molecule has 1 atom stereocenters. The van der Waals surface area contributed by atoms with Crippen LogP contribution in [0.15, 0.2) is 42.5 Å². The number of nitrogens with zero attached hydrogens (tertiary/aromatic N) is 1. The first-order valence-electron chi connectivity index (χ1n) is 12.9. The topological polar surface area (TPSA) is 92.7 Å². The van der Waals surface area contributed by atoms with E-state index in [9.17, 15) is 27.5 Å². The average molecular weight is 594 g/mol. The molecule has 12 heteroatoms. The Balaban J connectivity index is 1.51. The second-order valence-corrected chi connectivity index (χ2v) is 11.3. The lowest BCUT2D eigenvalue weighted by atomic mass is 9.84. The number of hydrogen-bond donors (Lipinski definition) is 3. The second kappa shape index (κ2) is 10.4. The number of rotatable bonds is 8. The van der Waals surface area contributed by atoms with Crippen molar-refractivity contribution in [1.29, 1.82) is 0 Å². The van der Waals surface area contributed by atoms with Crippen LogP contribution in [0.3, 0.4) is 0 Å². The summed E-state index contributed by atoms with van der Waals surface area (Å²) >= 11 is 5.96. The molecule has 1 aliphatic heterocycles. The van der Waals surface area contributed by atoms with Crippen LogP contribution < -0.4 is 20.1 Å². The zero-order chi connectivity index (χ0) is 29.7. The van der Waals surface area contributed by atoms with Gasteiger partial charge in [-0.15, -0.1) is 0 Å². The van der Waals surface area contributed by atoms with Gasteiger partial charge < -0.3 is 25.2 Å². The summed E-state index contributed by atoms with van der Waals surface area (Å²) in [5.74, 6) is -0.883. The number of aliphatic hydroxyl groups is 1. The maximum absolute atomic E-state index is 14.6. The molecule has 2 aromatic carbocycles. The molecule has 7 nitrogen and oxygen atoms in total. The Hall–Kier alpha value is -3.57. The van der Waals surface area contributed by atoms with Crippen LogP contribution >= 0.6 is 11.6 Å². The number of carbonyl (C=O) groups excluding carboxylic acids is 1. The summed E-state index contributed by atoms with van der Waals surface area (Å²) in [6, 6.07) is 9.16. The van der Waals surface area contributed by atoms with Gasteiger partial charge in [0.1, 0.15) is 5.82 Å². The summed E-state index contributed by atoms with van der Waals surface area (Å²) in [5, 5.41) is 16.3. The maximum Gasteiger partial charge on any atom is 0.424 e. The van der Waals surface area contributed by atoms with E-state index >= 15 is 0 Å². The van der Waals surface area contributed by atoms with E-state index in [4.69, 9.17) is 21.1 Å². The highest BCUT2D eigenvalue weighted by atomic mass is 35.5. The maximum atomic E-state index is 14.6. The van der Waals surface area contributed by atoms with Crippen LogP contribution in [-0.2, 0) is 11.0 Å². The van der Waals surface area contributed by atoms with Crippen molar-refractivity contribution in [3.05, 3.63) is 70.1 Å². The molecule has 5 rings (SSSR count). The van der Waals surface area contributed by atoms with Gasteiger partial charge in [0.25, 0.3) is 5.91 Å². The number of alkyl halides is 3. The molecule has 0 radical (unpaired) electrons. The normalized spacial score (nSPS) is 17.3. The third-order valence-corrected chi connectivity index (χ3v) is 7.58. The molecule has 1 fully saturated rings. The molecule has 3 aromatic rings.